The van der Waals surface area contributed by atoms with Crippen molar-refractivity contribution in [3.63, 3.8) is 0 Å². The molecule has 2 heterocycles. The van der Waals surface area contributed by atoms with Gasteiger partial charge in [0.25, 0.3) is 5.91 Å². The van der Waals surface area contributed by atoms with E-state index in [2.05, 4.69) is 10.3 Å². The number of likely N-dealkylation sites (tertiary alicyclic amines) is 1. The van der Waals surface area contributed by atoms with Crippen LogP contribution >= 0.6 is 0 Å². The Labute approximate surface area is 134 Å². The second kappa shape index (κ2) is 7.71. The third-order valence-corrected chi connectivity index (χ3v) is 3.85. The number of hydrogen-bond acceptors (Lipinski definition) is 4. The van der Waals surface area contributed by atoms with Gasteiger partial charge in [0.2, 0.25) is 5.91 Å². The molecular weight excluding hydrogens is 298 g/mol. The fourth-order valence-electron chi connectivity index (χ4n) is 2.63. The molecule has 1 aliphatic rings. The van der Waals surface area contributed by atoms with E-state index < -0.39 is 5.97 Å². The number of carbonyl (C=O) groups excluding carboxylic acids is 2. The molecule has 0 saturated carbocycles. The molecule has 23 heavy (non-hydrogen) atoms. The Hall–Kier alpha value is -2.44. The van der Waals surface area contributed by atoms with Crippen LogP contribution in [0.4, 0.5) is 0 Å². The largest absolute Gasteiger partial charge is 0.477 e. The number of piperidine rings is 1. The molecule has 2 N–H and O–H groups in total. The zero-order valence-corrected chi connectivity index (χ0v) is 13.1. The first-order chi connectivity index (χ1) is 11.0. The first kappa shape index (κ1) is 16.9. The van der Waals surface area contributed by atoms with Gasteiger partial charge in [-0.05, 0) is 31.4 Å². The number of nitrogens with one attached hydrogen (secondary N) is 1. The van der Waals surface area contributed by atoms with Crippen molar-refractivity contribution in [2.24, 2.45) is 5.92 Å². The van der Waals surface area contributed by atoms with E-state index in [-0.39, 0.29) is 29.0 Å². The van der Waals surface area contributed by atoms with Crippen LogP contribution in [-0.4, -0.2) is 52.4 Å². The van der Waals surface area contributed by atoms with Crippen molar-refractivity contribution in [2.75, 3.05) is 19.6 Å². The van der Waals surface area contributed by atoms with E-state index in [1.165, 1.54) is 18.3 Å². The summed E-state index contributed by atoms with van der Waals surface area (Å²) < 4.78 is 0. The SMILES string of the molecule is CCCNC(=O)C1CCCN(C(=O)c2ccnc(C(=O)O)c2)C1. The first-order valence-corrected chi connectivity index (χ1v) is 7.79. The van der Waals surface area contributed by atoms with Crippen molar-refractivity contribution in [3.05, 3.63) is 29.6 Å². The molecule has 1 unspecified atom stereocenters. The number of carboxylic acids is 1. The van der Waals surface area contributed by atoms with Crippen LogP contribution in [0.2, 0.25) is 0 Å². The molecule has 7 heteroatoms. The van der Waals surface area contributed by atoms with Gasteiger partial charge < -0.3 is 15.3 Å². The molecule has 0 radical (unpaired) electrons. The summed E-state index contributed by atoms with van der Waals surface area (Å²) >= 11 is 0. The predicted octanol–water partition coefficient (Wildman–Crippen LogP) is 1.16. The van der Waals surface area contributed by atoms with Gasteiger partial charge in [0.1, 0.15) is 5.69 Å². The molecule has 0 aliphatic carbocycles. The van der Waals surface area contributed by atoms with Crippen LogP contribution in [0.5, 0.6) is 0 Å². The Bertz CT molecular complexity index is 603. The van der Waals surface area contributed by atoms with Gasteiger partial charge in [-0.25, -0.2) is 9.78 Å². The van der Waals surface area contributed by atoms with E-state index in [9.17, 15) is 14.4 Å². The van der Waals surface area contributed by atoms with E-state index in [1.54, 1.807) is 4.90 Å². The summed E-state index contributed by atoms with van der Waals surface area (Å²) in [5, 5.41) is 11.8. The zero-order valence-electron chi connectivity index (χ0n) is 13.1. The van der Waals surface area contributed by atoms with Crippen molar-refractivity contribution in [3.8, 4) is 0 Å². The summed E-state index contributed by atoms with van der Waals surface area (Å²) in [6.45, 7) is 3.55. The van der Waals surface area contributed by atoms with Crippen molar-refractivity contribution in [1.82, 2.24) is 15.2 Å². The molecule has 1 aromatic heterocycles. The summed E-state index contributed by atoms with van der Waals surface area (Å²) in [6.07, 6.45) is 3.70. The van der Waals surface area contributed by atoms with Gasteiger partial charge in [-0.15, -0.1) is 0 Å². The summed E-state index contributed by atoms with van der Waals surface area (Å²) in [5.74, 6) is -1.66. The minimum Gasteiger partial charge on any atom is -0.477 e. The molecular formula is C16H21N3O4. The molecule has 1 atom stereocenters. The number of aromatic carboxylic acids is 1. The Kier molecular flexibility index (Phi) is 5.67. The Morgan fingerprint density at radius 3 is 2.91 bits per heavy atom. The smallest absolute Gasteiger partial charge is 0.354 e. The van der Waals surface area contributed by atoms with Gasteiger partial charge in [0.15, 0.2) is 0 Å². The second-order valence-electron chi connectivity index (χ2n) is 5.62. The lowest BCUT2D eigenvalue weighted by Gasteiger charge is -2.32. The lowest BCUT2D eigenvalue weighted by Crippen LogP contribution is -2.45. The standard InChI is InChI=1S/C16H21N3O4/c1-2-6-18-14(20)12-4-3-8-19(10-12)15(21)11-5-7-17-13(9-11)16(22)23/h5,7,9,12H,2-4,6,8,10H2,1H3,(H,18,20)(H,22,23). The lowest BCUT2D eigenvalue weighted by molar-refractivity contribution is -0.126. The summed E-state index contributed by atoms with van der Waals surface area (Å²) in [5.41, 5.74) is 0.122. The predicted molar refractivity (Wildman–Crippen MR) is 83.1 cm³/mol. The van der Waals surface area contributed by atoms with Crippen LogP contribution in [0.3, 0.4) is 0 Å². The monoisotopic (exact) mass is 319 g/mol. The van der Waals surface area contributed by atoms with E-state index in [1.807, 2.05) is 6.92 Å². The highest BCUT2D eigenvalue weighted by atomic mass is 16.4. The van der Waals surface area contributed by atoms with Crippen LogP contribution < -0.4 is 5.32 Å². The van der Waals surface area contributed by atoms with Gasteiger partial charge in [-0.1, -0.05) is 6.92 Å². The summed E-state index contributed by atoms with van der Waals surface area (Å²) in [7, 11) is 0. The van der Waals surface area contributed by atoms with Crippen molar-refractivity contribution >= 4 is 17.8 Å². The van der Waals surface area contributed by atoms with Crippen LogP contribution in [-0.2, 0) is 4.79 Å². The number of rotatable bonds is 5. The highest BCUT2D eigenvalue weighted by Gasteiger charge is 2.29. The van der Waals surface area contributed by atoms with Crippen molar-refractivity contribution in [1.29, 1.82) is 0 Å². The molecule has 124 valence electrons. The number of amides is 2. The van der Waals surface area contributed by atoms with E-state index in [0.29, 0.717) is 19.6 Å². The number of carbonyl (C=O) groups is 3. The summed E-state index contributed by atoms with van der Waals surface area (Å²) in [6, 6.07) is 2.76. The number of aromatic nitrogens is 1. The van der Waals surface area contributed by atoms with Crippen LogP contribution in [0, 0.1) is 5.92 Å². The zero-order chi connectivity index (χ0) is 16.8. The van der Waals surface area contributed by atoms with Crippen LogP contribution in [0.1, 0.15) is 47.0 Å². The fraction of sp³-hybridized carbons (Fsp3) is 0.500. The number of pyridine rings is 1. The number of carboxylic acid groups (broad SMARTS) is 1. The average Bonchev–Trinajstić information content (AvgIpc) is 2.59. The number of hydrogen-bond donors (Lipinski definition) is 2. The van der Waals surface area contributed by atoms with Crippen molar-refractivity contribution < 1.29 is 19.5 Å². The topological polar surface area (TPSA) is 99.6 Å². The average molecular weight is 319 g/mol. The second-order valence-corrected chi connectivity index (χ2v) is 5.62. The highest BCUT2D eigenvalue weighted by molar-refractivity contribution is 5.97. The molecule has 2 amide bonds. The quantitative estimate of drug-likeness (QED) is 0.848. The van der Waals surface area contributed by atoms with Gasteiger partial charge in [0.05, 0.1) is 5.92 Å². The molecule has 1 saturated heterocycles. The Morgan fingerprint density at radius 2 is 2.22 bits per heavy atom. The van der Waals surface area contributed by atoms with Gasteiger partial charge >= 0.3 is 5.97 Å². The van der Waals surface area contributed by atoms with Gasteiger partial charge in [-0.2, -0.15) is 0 Å². The molecule has 7 nitrogen and oxygen atoms in total. The minimum absolute atomic E-state index is 0.0229. The third kappa shape index (κ3) is 4.28. The molecule has 1 fully saturated rings. The van der Waals surface area contributed by atoms with Gasteiger partial charge in [0, 0.05) is 31.4 Å². The molecule has 0 spiro atoms. The maximum Gasteiger partial charge on any atom is 0.354 e. The van der Waals surface area contributed by atoms with Crippen LogP contribution in [0.15, 0.2) is 18.3 Å². The molecule has 2 rings (SSSR count). The fourth-order valence-corrected chi connectivity index (χ4v) is 2.63. The minimum atomic E-state index is -1.17. The normalized spacial score (nSPS) is 17.6. The van der Waals surface area contributed by atoms with Crippen LogP contribution in [0.25, 0.3) is 0 Å². The number of nitrogens with zero attached hydrogens (tertiary/aromatic N) is 2. The lowest BCUT2D eigenvalue weighted by atomic mass is 9.96. The Balaban J connectivity index is 2.06. The highest BCUT2D eigenvalue weighted by Crippen LogP contribution is 2.19. The molecule has 0 bridgehead atoms. The third-order valence-electron chi connectivity index (χ3n) is 3.85. The maximum absolute atomic E-state index is 12.5. The summed E-state index contributed by atoms with van der Waals surface area (Å²) in [4.78, 5) is 40.9. The van der Waals surface area contributed by atoms with Crippen molar-refractivity contribution in [2.45, 2.75) is 26.2 Å². The molecule has 0 aromatic carbocycles. The van der Waals surface area contributed by atoms with E-state index in [4.69, 9.17) is 5.11 Å². The Morgan fingerprint density at radius 1 is 1.43 bits per heavy atom. The maximum atomic E-state index is 12.5. The van der Waals surface area contributed by atoms with E-state index >= 15 is 0 Å². The van der Waals surface area contributed by atoms with Gasteiger partial charge in [-0.3, -0.25) is 9.59 Å². The molecule has 1 aromatic rings. The first-order valence-electron chi connectivity index (χ1n) is 7.79. The molecule has 1 aliphatic heterocycles. The van der Waals surface area contributed by atoms with E-state index in [0.717, 1.165) is 19.3 Å².